The Bertz CT molecular complexity index is 846. The maximum absolute atomic E-state index is 6.25. The number of hydrogen-bond donors (Lipinski definition) is 0. The summed E-state index contributed by atoms with van der Waals surface area (Å²) in [5.74, 6) is 1.01. The van der Waals surface area contributed by atoms with E-state index in [9.17, 15) is 0 Å². The summed E-state index contributed by atoms with van der Waals surface area (Å²) in [6, 6.07) is 13.2. The second-order valence-electron chi connectivity index (χ2n) is 6.26. The monoisotopic (exact) mass is 357 g/mol. The molecule has 0 amide bonds. The van der Waals surface area contributed by atoms with E-state index in [4.69, 9.17) is 11.6 Å². The lowest BCUT2D eigenvalue weighted by Gasteiger charge is -2.36. The Labute approximate surface area is 151 Å². The number of anilines is 1. The number of halogens is 1. The molecule has 2 aromatic heterocycles. The van der Waals surface area contributed by atoms with Crippen molar-refractivity contribution in [1.29, 1.82) is 0 Å². The molecule has 0 N–H and O–H groups in total. The number of aromatic nitrogens is 2. The molecule has 0 saturated carbocycles. The van der Waals surface area contributed by atoms with Gasteiger partial charge in [-0.25, -0.2) is 4.98 Å². The van der Waals surface area contributed by atoms with E-state index in [1.54, 1.807) is 11.3 Å². The van der Waals surface area contributed by atoms with Crippen molar-refractivity contribution < 1.29 is 0 Å². The van der Waals surface area contributed by atoms with Crippen LogP contribution in [0.2, 0.25) is 5.28 Å². The van der Waals surface area contributed by atoms with E-state index in [0.717, 1.165) is 29.0 Å². The fourth-order valence-corrected chi connectivity index (χ4v) is 4.79. The van der Waals surface area contributed by atoms with Gasteiger partial charge in [0.15, 0.2) is 0 Å². The number of hydrogen-bond acceptors (Lipinski definition) is 4. The maximum Gasteiger partial charge on any atom is 0.225 e. The number of benzene rings is 1. The fourth-order valence-electron chi connectivity index (χ4n) is 3.55. The highest BCUT2D eigenvalue weighted by atomic mass is 35.5. The van der Waals surface area contributed by atoms with Crippen molar-refractivity contribution in [3.05, 3.63) is 41.7 Å². The lowest BCUT2D eigenvalue weighted by Crippen LogP contribution is -2.39. The second-order valence-corrected chi connectivity index (χ2v) is 7.63. The minimum Gasteiger partial charge on any atom is -0.353 e. The second kappa shape index (κ2) is 6.69. The molecule has 3 heterocycles. The first-order valence-electron chi connectivity index (χ1n) is 8.55. The van der Waals surface area contributed by atoms with Gasteiger partial charge in [-0.3, -0.25) is 0 Å². The first-order chi connectivity index (χ1) is 11.8. The Morgan fingerprint density at radius 3 is 2.83 bits per heavy atom. The molecule has 1 saturated heterocycles. The van der Waals surface area contributed by atoms with Crippen molar-refractivity contribution >= 4 is 39.0 Å². The Balaban J connectivity index is 1.84. The van der Waals surface area contributed by atoms with Crippen molar-refractivity contribution in [3.8, 4) is 10.4 Å². The molecule has 24 heavy (non-hydrogen) atoms. The molecule has 3 nitrogen and oxygen atoms in total. The number of fused-ring (bicyclic) bond motifs is 1. The van der Waals surface area contributed by atoms with Crippen molar-refractivity contribution in [3.63, 3.8) is 0 Å². The highest BCUT2D eigenvalue weighted by molar-refractivity contribution is 7.22. The van der Waals surface area contributed by atoms with Gasteiger partial charge in [0.25, 0.3) is 0 Å². The zero-order chi connectivity index (χ0) is 16.5. The van der Waals surface area contributed by atoms with Gasteiger partial charge in [0.1, 0.15) is 10.6 Å². The molecule has 4 rings (SSSR count). The van der Waals surface area contributed by atoms with Crippen LogP contribution in [0.4, 0.5) is 5.82 Å². The van der Waals surface area contributed by atoms with E-state index in [0.29, 0.717) is 11.3 Å². The first-order valence-corrected chi connectivity index (χ1v) is 9.75. The summed E-state index contributed by atoms with van der Waals surface area (Å²) >= 11 is 7.94. The average molecular weight is 358 g/mol. The predicted octanol–water partition coefficient (Wildman–Crippen LogP) is 5.78. The summed E-state index contributed by atoms with van der Waals surface area (Å²) in [4.78, 5) is 13.7. The van der Waals surface area contributed by atoms with Crippen LogP contribution in [-0.2, 0) is 0 Å². The van der Waals surface area contributed by atoms with Crippen molar-refractivity contribution in [2.24, 2.45) is 0 Å². The Kier molecular flexibility index (Phi) is 4.42. The van der Waals surface area contributed by atoms with Crippen LogP contribution < -0.4 is 4.90 Å². The van der Waals surface area contributed by atoms with Gasteiger partial charge in [-0.05, 0) is 48.9 Å². The molecule has 1 aliphatic heterocycles. The normalized spacial score (nSPS) is 18.2. The maximum atomic E-state index is 6.25. The van der Waals surface area contributed by atoms with Gasteiger partial charge in [0.05, 0.1) is 5.39 Å². The van der Waals surface area contributed by atoms with Crippen molar-refractivity contribution in [2.75, 3.05) is 11.4 Å². The lowest BCUT2D eigenvalue weighted by molar-refractivity contribution is 0.448. The number of piperidine rings is 1. The first kappa shape index (κ1) is 15.9. The molecule has 0 bridgehead atoms. The third kappa shape index (κ3) is 2.89. The standard InChI is InChI=1S/C19H20ClN3S/c1-2-14-10-6-7-11-23(14)17-15-12-16(13-8-4-3-5-9-13)24-18(15)22-19(20)21-17/h3-5,8-9,12,14H,2,6-7,10-11H2,1H3. The molecule has 0 radical (unpaired) electrons. The van der Waals surface area contributed by atoms with Crippen molar-refractivity contribution in [1.82, 2.24) is 9.97 Å². The zero-order valence-electron chi connectivity index (χ0n) is 13.7. The van der Waals surface area contributed by atoms with Crippen LogP contribution in [0, 0.1) is 0 Å². The van der Waals surface area contributed by atoms with Gasteiger partial charge in [-0.1, -0.05) is 37.3 Å². The quantitative estimate of drug-likeness (QED) is 0.556. The smallest absolute Gasteiger partial charge is 0.225 e. The molecule has 1 aromatic carbocycles. The van der Waals surface area contributed by atoms with Crippen molar-refractivity contribution in [2.45, 2.75) is 38.6 Å². The number of thiophene rings is 1. The van der Waals surface area contributed by atoms with Gasteiger partial charge < -0.3 is 4.90 Å². The minimum absolute atomic E-state index is 0.347. The zero-order valence-corrected chi connectivity index (χ0v) is 15.3. The molecule has 0 aliphatic carbocycles. The Hall–Kier alpha value is -1.65. The van der Waals surface area contributed by atoms with E-state index in [-0.39, 0.29) is 0 Å². The molecule has 124 valence electrons. The van der Waals surface area contributed by atoms with E-state index < -0.39 is 0 Å². The highest BCUT2D eigenvalue weighted by Crippen LogP contribution is 2.39. The largest absolute Gasteiger partial charge is 0.353 e. The summed E-state index contributed by atoms with van der Waals surface area (Å²) in [5, 5.41) is 1.47. The van der Waals surface area contributed by atoms with Crippen LogP contribution in [0.1, 0.15) is 32.6 Å². The van der Waals surface area contributed by atoms with Crippen LogP contribution in [0.15, 0.2) is 36.4 Å². The molecule has 1 unspecified atom stereocenters. The van der Waals surface area contributed by atoms with Crippen LogP contribution >= 0.6 is 22.9 Å². The SMILES string of the molecule is CCC1CCCCN1c1nc(Cl)nc2sc(-c3ccccc3)cc12. The predicted molar refractivity (Wildman–Crippen MR) is 103 cm³/mol. The Morgan fingerprint density at radius 2 is 2.04 bits per heavy atom. The Morgan fingerprint density at radius 1 is 1.21 bits per heavy atom. The highest BCUT2D eigenvalue weighted by Gasteiger charge is 2.25. The van der Waals surface area contributed by atoms with Crippen LogP contribution in [-0.4, -0.2) is 22.6 Å². The van der Waals surface area contributed by atoms with Crippen LogP contribution in [0.3, 0.4) is 0 Å². The molecule has 3 aromatic rings. The van der Waals surface area contributed by atoms with E-state index in [1.165, 1.54) is 29.7 Å². The fraction of sp³-hybridized carbons (Fsp3) is 0.368. The van der Waals surface area contributed by atoms with Gasteiger partial charge in [-0.2, -0.15) is 4.98 Å². The molecular weight excluding hydrogens is 338 g/mol. The van der Waals surface area contributed by atoms with E-state index >= 15 is 0 Å². The molecule has 0 spiro atoms. The average Bonchev–Trinajstić information content (AvgIpc) is 3.05. The molecule has 1 fully saturated rings. The summed E-state index contributed by atoms with van der Waals surface area (Å²) < 4.78 is 0. The number of rotatable bonds is 3. The number of nitrogens with zero attached hydrogens (tertiary/aromatic N) is 3. The summed E-state index contributed by atoms with van der Waals surface area (Å²) in [5.41, 5.74) is 1.22. The van der Waals surface area contributed by atoms with Crippen LogP contribution in [0.5, 0.6) is 0 Å². The lowest BCUT2D eigenvalue weighted by atomic mass is 10.00. The van der Waals surface area contributed by atoms with Gasteiger partial charge >= 0.3 is 0 Å². The third-order valence-corrected chi connectivity index (χ3v) is 6.02. The summed E-state index contributed by atoms with van der Waals surface area (Å²) in [7, 11) is 0. The van der Waals surface area contributed by atoms with Gasteiger partial charge in [0.2, 0.25) is 5.28 Å². The minimum atomic E-state index is 0.347. The van der Waals surface area contributed by atoms with Gasteiger partial charge in [-0.15, -0.1) is 11.3 Å². The summed E-state index contributed by atoms with van der Waals surface area (Å²) in [6.45, 7) is 3.31. The van der Waals surface area contributed by atoms with Gasteiger partial charge in [0, 0.05) is 17.5 Å². The summed E-state index contributed by atoms with van der Waals surface area (Å²) in [6.07, 6.45) is 4.89. The molecule has 1 aliphatic rings. The third-order valence-electron chi connectivity index (χ3n) is 4.77. The topological polar surface area (TPSA) is 29.0 Å². The van der Waals surface area contributed by atoms with E-state index in [2.05, 4.69) is 52.1 Å². The van der Waals surface area contributed by atoms with E-state index in [1.807, 2.05) is 6.07 Å². The molecule has 5 heteroatoms. The molecular formula is C19H20ClN3S. The molecule has 1 atom stereocenters. The van der Waals surface area contributed by atoms with Crippen LogP contribution in [0.25, 0.3) is 20.7 Å².